The van der Waals surface area contributed by atoms with Gasteiger partial charge in [-0.15, -0.1) is 0 Å². The van der Waals surface area contributed by atoms with E-state index in [1.54, 1.807) is 12.1 Å². The van der Waals surface area contributed by atoms with Crippen LogP contribution in [0.25, 0.3) is 0 Å². The summed E-state index contributed by atoms with van der Waals surface area (Å²) in [5.74, 6) is 0.780. The first-order valence-electron chi connectivity index (χ1n) is 5.07. The lowest BCUT2D eigenvalue weighted by Crippen LogP contribution is -2.12. The summed E-state index contributed by atoms with van der Waals surface area (Å²) in [6.07, 6.45) is 0.612. The van der Waals surface area contributed by atoms with E-state index in [0.29, 0.717) is 24.8 Å². The summed E-state index contributed by atoms with van der Waals surface area (Å²) in [6.45, 7) is 1.91. The van der Waals surface area contributed by atoms with Crippen molar-refractivity contribution < 1.29 is 14.2 Å². The van der Waals surface area contributed by atoms with Gasteiger partial charge in [0.25, 0.3) is 0 Å². The molecule has 5 heteroatoms. The highest BCUT2D eigenvalue weighted by Crippen LogP contribution is 2.28. The van der Waals surface area contributed by atoms with Gasteiger partial charge in [0.05, 0.1) is 24.3 Å². The molecule has 16 heavy (non-hydrogen) atoms. The predicted molar refractivity (Wildman–Crippen MR) is 65.0 cm³/mol. The first-order valence-corrected chi connectivity index (χ1v) is 6.24. The topological polar surface area (TPSA) is 27.7 Å². The van der Waals surface area contributed by atoms with Gasteiger partial charge in [-0.1, -0.05) is 11.6 Å². The molecule has 1 aromatic rings. The normalized spacial score (nSPS) is 16.6. The summed E-state index contributed by atoms with van der Waals surface area (Å²) < 4.78 is 17.1. The molecule has 0 atom stereocenters. The van der Waals surface area contributed by atoms with Crippen LogP contribution in [0.15, 0.2) is 22.7 Å². The van der Waals surface area contributed by atoms with E-state index >= 15 is 0 Å². The average molecular weight is 308 g/mol. The monoisotopic (exact) mass is 306 g/mol. The summed E-state index contributed by atoms with van der Waals surface area (Å²) in [6, 6.07) is 5.44. The van der Waals surface area contributed by atoms with Crippen molar-refractivity contribution in [2.75, 3.05) is 19.8 Å². The van der Waals surface area contributed by atoms with Gasteiger partial charge < -0.3 is 14.2 Å². The maximum absolute atomic E-state index is 5.83. The van der Waals surface area contributed by atoms with Crippen LogP contribution in [0, 0.1) is 0 Å². The van der Waals surface area contributed by atoms with Crippen LogP contribution < -0.4 is 4.74 Å². The van der Waals surface area contributed by atoms with Crippen molar-refractivity contribution in [2.24, 2.45) is 0 Å². The van der Waals surface area contributed by atoms with Gasteiger partial charge in [0.1, 0.15) is 5.75 Å². The lowest BCUT2D eigenvalue weighted by atomic mass is 10.3. The predicted octanol–water partition coefficient (Wildman–Crippen LogP) is 3.24. The Kier molecular flexibility index (Phi) is 4.46. The minimum Gasteiger partial charge on any atom is -0.492 e. The number of hydrogen-bond donors (Lipinski definition) is 0. The second-order valence-electron chi connectivity index (χ2n) is 3.38. The maximum Gasteiger partial charge on any atom is 0.161 e. The van der Waals surface area contributed by atoms with Crippen molar-refractivity contribution in [3.05, 3.63) is 27.7 Å². The number of hydrogen-bond acceptors (Lipinski definition) is 3. The summed E-state index contributed by atoms with van der Waals surface area (Å²) in [5.41, 5.74) is 0. The van der Waals surface area contributed by atoms with E-state index in [2.05, 4.69) is 15.9 Å². The van der Waals surface area contributed by atoms with Crippen LogP contribution in [-0.2, 0) is 9.47 Å². The molecule has 0 N–H and O–H groups in total. The molecule has 1 saturated heterocycles. The Balaban J connectivity index is 1.80. The van der Waals surface area contributed by atoms with Gasteiger partial charge in [-0.05, 0) is 34.1 Å². The molecule has 0 aliphatic carbocycles. The van der Waals surface area contributed by atoms with Crippen molar-refractivity contribution in [3.8, 4) is 5.75 Å². The van der Waals surface area contributed by atoms with Crippen LogP contribution in [0.5, 0.6) is 5.75 Å². The molecule has 3 nitrogen and oxygen atoms in total. The molecule has 0 radical (unpaired) electrons. The number of rotatable bonds is 4. The Bertz CT molecular complexity index is 353. The number of halogens is 2. The molecule has 1 aliphatic heterocycles. The van der Waals surface area contributed by atoms with Crippen LogP contribution in [0.1, 0.15) is 6.42 Å². The summed E-state index contributed by atoms with van der Waals surface area (Å²) in [5, 5.41) is 0.682. The van der Waals surface area contributed by atoms with Crippen LogP contribution in [0.3, 0.4) is 0 Å². The molecule has 1 aliphatic rings. The largest absolute Gasteiger partial charge is 0.492 e. The molecule has 0 saturated carbocycles. The van der Waals surface area contributed by atoms with Crippen LogP contribution in [-0.4, -0.2) is 26.1 Å². The molecule has 1 fully saturated rings. The molecule has 1 aromatic carbocycles. The minimum absolute atomic E-state index is 0.119. The lowest BCUT2D eigenvalue weighted by Gasteiger charge is -2.11. The second-order valence-corrected chi connectivity index (χ2v) is 4.67. The molecule has 0 bridgehead atoms. The van der Waals surface area contributed by atoms with Crippen molar-refractivity contribution in [1.29, 1.82) is 0 Å². The molecular formula is C11H12BrClO3. The van der Waals surface area contributed by atoms with E-state index < -0.39 is 0 Å². The van der Waals surface area contributed by atoms with E-state index in [9.17, 15) is 0 Å². The second kappa shape index (κ2) is 5.87. The number of ether oxygens (including phenoxy) is 3. The van der Waals surface area contributed by atoms with Gasteiger partial charge in [-0.2, -0.15) is 0 Å². The minimum atomic E-state index is -0.119. The summed E-state index contributed by atoms with van der Waals surface area (Å²) in [7, 11) is 0. The molecule has 0 aromatic heterocycles. The lowest BCUT2D eigenvalue weighted by molar-refractivity contribution is -0.0531. The quantitative estimate of drug-likeness (QED) is 0.854. The van der Waals surface area contributed by atoms with Crippen molar-refractivity contribution in [3.63, 3.8) is 0 Å². The molecule has 0 amide bonds. The van der Waals surface area contributed by atoms with E-state index in [4.69, 9.17) is 25.8 Å². The zero-order chi connectivity index (χ0) is 11.4. The maximum atomic E-state index is 5.83. The fourth-order valence-electron chi connectivity index (χ4n) is 1.43. The SMILES string of the molecule is Clc1ccc(OCCC2OCCO2)c(Br)c1. The standard InChI is InChI=1S/C11H12BrClO3/c12-9-7-8(13)1-2-10(9)14-4-3-11-15-5-6-16-11/h1-2,7,11H,3-6H2. The molecule has 88 valence electrons. The third-order valence-electron chi connectivity index (χ3n) is 2.20. The smallest absolute Gasteiger partial charge is 0.161 e. The van der Waals surface area contributed by atoms with E-state index in [0.717, 1.165) is 16.6 Å². The van der Waals surface area contributed by atoms with Gasteiger partial charge in [0.2, 0.25) is 0 Å². The van der Waals surface area contributed by atoms with Crippen molar-refractivity contribution in [1.82, 2.24) is 0 Å². The zero-order valence-electron chi connectivity index (χ0n) is 8.62. The Labute approximate surface area is 108 Å². The van der Waals surface area contributed by atoms with Gasteiger partial charge in [0.15, 0.2) is 6.29 Å². The van der Waals surface area contributed by atoms with E-state index in [1.807, 2.05) is 6.07 Å². The Morgan fingerprint density at radius 2 is 2.12 bits per heavy atom. The number of benzene rings is 1. The molecule has 0 unspecified atom stereocenters. The average Bonchev–Trinajstić information content (AvgIpc) is 2.74. The molecule has 1 heterocycles. The highest BCUT2D eigenvalue weighted by molar-refractivity contribution is 9.10. The fraction of sp³-hybridized carbons (Fsp3) is 0.455. The Hall–Kier alpha value is -0.290. The first kappa shape index (κ1) is 12.2. The fourth-order valence-corrected chi connectivity index (χ4v) is 2.23. The highest BCUT2D eigenvalue weighted by Gasteiger charge is 2.15. The third kappa shape index (κ3) is 3.35. The Morgan fingerprint density at radius 1 is 1.38 bits per heavy atom. The summed E-state index contributed by atoms with van der Waals surface area (Å²) in [4.78, 5) is 0. The van der Waals surface area contributed by atoms with Crippen molar-refractivity contribution in [2.45, 2.75) is 12.7 Å². The van der Waals surface area contributed by atoms with Gasteiger partial charge >= 0.3 is 0 Å². The third-order valence-corrected chi connectivity index (χ3v) is 3.05. The summed E-state index contributed by atoms with van der Waals surface area (Å²) >= 11 is 9.22. The van der Waals surface area contributed by atoms with E-state index in [1.165, 1.54) is 0 Å². The van der Waals surface area contributed by atoms with E-state index in [-0.39, 0.29) is 6.29 Å². The van der Waals surface area contributed by atoms with Crippen LogP contribution >= 0.6 is 27.5 Å². The van der Waals surface area contributed by atoms with Crippen LogP contribution in [0.2, 0.25) is 5.02 Å². The Morgan fingerprint density at radius 3 is 2.81 bits per heavy atom. The first-order chi connectivity index (χ1) is 7.75. The molecule has 0 spiro atoms. The van der Waals surface area contributed by atoms with Crippen LogP contribution in [0.4, 0.5) is 0 Å². The molecule has 2 rings (SSSR count). The van der Waals surface area contributed by atoms with Crippen molar-refractivity contribution >= 4 is 27.5 Å². The molecular weight excluding hydrogens is 295 g/mol. The van der Waals surface area contributed by atoms with Gasteiger partial charge in [0, 0.05) is 11.4 Å². The van der Waals surface area contributed by atoms with Gasteiger partial charge in [-0.25, -0.2) is 0 Å². The highest BCUT2D eigenvalue weighted by atomic mass is 79.9. The van der Waals surface area contributed by atoms with Gasteiger partial charge in [-0.3, -0.25) is 0 Å². The zero-order valence-corrected chi connectivity index (χ0v) is 11.0.